The van der Waals surface area contributed by atoms with Gasteiger partial charge in [-0.1, -0.05) is 43.9 Å². The van der Waals surface area contributed by atoms with Gasteiger partial charge in [-0.05, 0) is 0 Å². The summed E-state index contributed by atoms with van der Waals surface area (Å²) in [5, 5.41) is 0. The Morgan fingerprint density at radius 3 is 2.15 bits per heavy atom. The minimum atomic E-state index is 0. The van der Waals surface area contributed by atoms with E-state index in [2.05, 4.69) is 51.4 Å². The zero-order valence-electron chi connectivity index (χ0n) is 8.31. The molecule has 0 rings (SSSR count). The third kappa shape index (κ3) is 32.5. The van der Waals surface area contributed by atoms with E-state index in [4.69, 9.17) is 0 Å². The fourth-order valence-corrected chi connectivity index (χ4v) is 0.697. The van der Waals surface area contributed by atoms with Gasteiger partial charge in [-0.2, -0.15) is 5.92 Å². The van der Waals surface area contributed by atoms with Crippen molar-refractivity contribution in [2.75, 3.05) is 0 Å². The maximum Gasteiger partial charge on any atom is 2.00 e. The van der Waals surface area contributed by atoms with Crippen LogP contribution >= 0.6 is 12.2 Å². The van der Waals surface area contributed by atoms with Crippen molar-refractivity contribution in [3.05, 3.63) is 6.92 Å². The smallest absolute Gasteiger partial charge is 0.415 e. The molecule has 1 unspecified atom stereocenters. The minimum absolute atomic E-state index is 0. The zero-order valence-corrected chi connectivity index (χ0v) is 10.9. The summed E-state index contributed by atoms with van der Waals surface area (Å²) < 4.78 is 0.0833. The van der Waals surface area contributed by atoms with Gasteiger partial charge in [0.2, 0.25) is 0 Å². The summed E-state index contributed by atoms with van der Waals surface area (Å²) in [5.74, 6) is 0.704. The molecule has 0 aromatic rings. The van der Waals surface area contributed by atoms with Crippen molar-refractivity contribution >= 4 is 29.2 Å². The molecule has 0 fully saturated rings. The Morgan fingerprint density at radius 1 is 1.54 bits per heavy atom. The van der Waals surface area contributed by atoms with Crippen molar-refractivity contribution in [2.45, 2.75) is 39.5 Å². The first kappa shape index (κ1) is 19.2. The second-order valence-corrected chi connectivity index (χ2v) is 3.87. The molecule has 0 bridgehead atoms. The van der Waals surface area contributed by atoms with E-state index in [1.807, 2.05) is 0 Å². The van der Waals surface area contributed by atoms with Crippen molar-refractivity contribution in [1.82, 2.24) is 0 Å². The van der Waals surface area contributed by atoms with E-state index in [1.54, 1.807) is 0 Å². The van der Waals surface area contributed by atoms with Crippen molar-refractivity contribution in [3.63, 3.8) is 0 Å². The summed E-state index contributed by atoms with van der Waals surface area (Å²) in [4.78, 5) is 0. The molecule has 0 aromatic heterocycles. The third-order valence-electron chi connectivity index (χ3n) is 1.54. The number of unbranched alkanes of at least 4 members (excludes halogenated alkanes) is 1. The van der Waals surface area contributed by atoms with Crippen molar-refractivity contribution in [2.24, 2.45) is 11.7 Å². The largest absolute Gasteiger partial charge is 2.00 e. The van der Waals surface area contributed by atoms with Gasteiger partial charge in [0.15, 0.2) is 0 Å². The monoisotopic (exact) mass is 268 g/mol. The zero-order chi connectivity index (χ0) is 9.98. The van der Waals surface area contributed by atoms with E-state index in [0.717, 1.165) is 0 Å². The number of thiocarbonyl (C=S) groups is 1. The van der Waals surface area contributed by atoms with Crippen LogP contribution in [0.25, 0.3) is 0 Å². The normalized spacial score (nSPS) is 10.4. The Balaban J connectivity index is -0.000000173. The van der Waals surface area contributed by atoms with Crippen LogP contribution in [-0.2, 0) is 29.7 Å². The molecular weight excluding hydrogens is 250 g/mol. The second-order valence-electron chi connectivity index (χ2n) is 2.74. The molecule has 4 heteroatoms. The Hall–Kier alpha value is 0.629. The molecule has 13 heavy (non-hydrogen) atoms. The Labute approximate surface area is 104 Å². The molecule has 0 saturated carbocycles. The molecule has 1 radical (unpaired) electrons. The Morgan fingerprint density at radius 2 is 1.92 bits per heavy atom. The predicted octanol–water partition coefficient (Wildman–Crippen LogP) is 2.81. The van der Waals surface area contributed by atoms with E-state index in [9.17, 15) is 0 Å². The fraction of sp³-hybridized carbons (Fsp3) is 0.778. The molecule has 0 aliphatic rings. The molecule has 0 spiro atoms. The van der Waals surface area contributed by atoms with E-state index in [-0.39, 0.29) is 21.4 Å². The van der Waals surface area contributed by atoms with Gasteiger partial charge >= 0.3 is 17.1 Å². The minimum Gasteiger partial charge on any atom is -0.415 e. The summed E-state index contributed by atoms with van der Waals surface area (Å²) >= 11 is 8.26. The van der Waals surface area contributed by atoms with E-state index >= 15 is 0 Å². The average molecular weight is 269 g/mol. The maximum atomic E-state index is 4.66. The van der Waals surface area contributed by atoms with Crippen LogP contribution in [0.2, 0.25) is 0 Å². The quantitative estimate of drug-likeness (QED) is 0.368. The number of nitrogens with two attached hydrogens (primary N) is 1. The molecule has 0 aromatic carbocycles. The molecule has 0 saturated heterocycles. The van der Waals surface area contributed by atoms with Crippen LogP contribution in [0.4, 0.5) is 0 Å². The van der Waals surface area contributed by atoms with Gasteiger partial charge in [0.1, 0.15) is 0 Å². The summed E-state index contributed by atoms with van der Waals surface area (Å²) in [7, 11) is 0. The van der Waals surface area contributed by atoms with Crippen molar-refractivity contribution in [1.29, 1.82) is 0 Å². The summed E-state index contributed by atoms with van der Waals surface area (Å²) in [6, 6.07) is 0. The molecule has 0 heterocycles. The topological polar surface area (TPSA) is 26.0 Å². The van der Waals surface area contributed by atoms with Crippen LogP contribution in [0.1, 0.15) is 39.5 Å². The van der Waals surface area contributed by atoms with Crippen molar-refractivity contribution < 1.29 is 17.1 Å². The molecule has 1 nitrogen and oxygen atoms in total. The molecule has 1 atom stereocenters. The van der Waals surface area contributed by atoms with Crippen molar-refractivity contribution in [3.8, 4) is 0 Å². The third-order valence-corrected chi connectivity index (χ3v) is 1.54. The second kappa shape index (κ2) is 15.1. The SMILES string of the molecule is NC(=S)[S-].[CH2-]C(CC)CCCC.[Cu+2]. The van der Waals surface area contributed by atoms with Gasteiger partial charge in [0, 0.05) is 0 Å². The summed E-state index contributed by atoms with van der Waals surface area (Å²) in [5.41, 5.74) is 4.66. The molecule has 0 aliphatic carbocycles. The van der Waals surface area contributed by atoms with Gasteiger partial charge in [0.05, 0.1) is 0 Å². The van der Waals surface area contributed by atoms with Crippen LogP contribution in [0, 0.1) is 12.8 Å². The first-order valence-corrected chi connectivity index (χ1v) is 5.15. The first-order valence-electron chi connectivity index (χ1n) is 4.34. The van der Waals surface area contributed by atoms with Crippen LogP contribution < -0.4 is 5.73 Å². The van der Waals surface area contributed by atoms with Gasteiger partial charge < -0.3 is 37.5 Å². The number of hydrogen-bond acceptors (Lipinski definition) is 2. The Bertz CT molecular complexity index is 106. The average Bonchev–Trinajstić information content (AvgIpc) is 1.99. The van der Waals surface area contributed by atoms with Gasteiger partial charge in [-0.3, -0.25) is 0 Å². The van der Waals surface area contributed by atoms with Crippen LogP contribution in [0.3, 0.4) is 0 Å². The van der Waals surface area contributed by atoms with Gasteiger partial charge in [-0.25, -0.2) is 0 Å². The van der Waals surface area contributed by atoms with Crippen LogP contribution in [-0.4, -0.2) is 4.32 Å². The van der Waals surface area contributed by atoms with Gasteiger partial charge in [-0.15, -0.1) is 0 Å². The molecule has 83 valence electrons. The Kier molecular flexibility index (Phi) is 22.4. The number of hydrogen-bond donors (Lipinski definition) is 1. The molecule has 0 amide bonds. The van der Waals surface area contributed by atoms with Crippen LogP contribution in [0.15, 0.2) is 0 Å². The van der Waals surface area contributed by atoms with E-state index in [1.165, 1.54) is 25.7 Å². The van der Waals surface area contributed by atoms with Gasteiger partial charge in [0.25, 0.3) is 0 Å². The fourth-order valence-electron chi connectivity index (χ4n) is 0.697. The predicted molar refractivity (Wildman–Crippen MR) is 62.8 cm³/mol. The standard InChI is InChI=1S/C8H17.CH3NS2.Cu/c1-4-6-7-8(3)5-2;2-1(3)4;/h8H,3-7H2,1-2H3;(H3,2,3,4);/q-1;;+2/p-1. The maximum absolute atomic E-state index is 4.66. The van der Waals surface area contributed by atoms with E-state index < -0.39 is 0 Å². The number of rotatable bonds is 4. The summed E-state index contributed by atoms with van der Waals surface area (Å²) in [6.45, 7) is 8.42. The molecule has 0 aliphatic heterocycles. The molecule has 2 N–H and O–H groups in total. The first-order chi connectivity index (χ1) is 5.54. The van der Waals surface area contributed by atoms with Crippen LogP contribution in [0.5, 0.6) is 0 Å². The molecular formula is C9H19CuNS2. The van der Waals surface area contributed by atoms with E-state index in [0.29, 0.717) is 5.92 Å². The summed E-state index contributed by atoms with van der Waals surface area (Å²) in [6.07, 6.45) is 5.21.